The van der Waals surface area contributed by atoms with E-state index in [1.165, 1.54) is 16.7 Å². The predicted octanol–water partition coefficient (Wildman–Crippen LogP) is -1.94. The van der Waals surface area contributed by atoms with Gasteiger partial charge in [0.1, 0.15) is 11.4 Å². The molecule has 3 rings (SSSR count). The number of aliphatic hydroxyl groups is 1. The first-order valence-electron chi connectivity index (χ1n) is 10.2. The number of nitrogens with two attached hydrogens (primary N) is 1. The second-order valence-corrected chi connectivity index (χ2v) is 8.37. The number of rotatable bonds is 11. The molecule has 0 spiro atoms. The van der Waals surface area contributed by atoms with Crippen molar-refractivity contribution in [1.82, 2.24) is 10.2 Å². The van der Waals surface area contributed by atoms with E-state index in [1.807, 2.05) is 35.2 Å². The molecular formula is C21H27IN4O6S. The molecule has 4 N–H and O–H groups in total. The zero-order valence-electron chi connectivity index (χ0n) is 17.8. The fraction of sp³-hybridized carbons (Fsp3) is 0.429. The van der Waals surface area contributed by atoms with Gasteiger partial charge >= 0.3 is 0 Å². The minimum Gasteiger partial charge on any atom is -0.543 e. The summed E-state index contributed by atoms with van der Waals surface area (Å²) in [6.45, 7) is 1.42. The highest BCUT2D eigenvalue weighted by molar-refractivity contribution is 14.0. The smallest absolute Gasteiger partial charge is 0.248 e. The topological polar surface area (TPSA) is 149 Å². The van der Waals surface area contributed by atoms with E-state index in [-0.39, 0.29) is 60.6 Å². The van der Waals surface area contributed by atoms with E-state index in [1.54, 1.807) is 6.08 Å². The summed E-state index contributed by atoms with van der Waals surface area (Å²) in [5, 5.41) is 22.6. The van der Waals surface area contributed by atoms with Crippen molar-refractivity contribution in [3.63, 3.8) is 0 Å². The van der Waals surface area contributed by atoms with Crippen LogP contribution in [0.15, 0.2) is 47.9 Å². The summed E-state index contributed by atoms with van der Waals surface area (Å²) in [7, 11) is 0. The van der Waals surface area contributed by atoms with Crippen molar-refractivity contribution in [3.05, 3.63) is 53.5 Å². The standard InChI is InChI=1S/C21H26N4O6S.HI/c22-17-19(28)25-18(21(29)30)15(13-32-20(17)25)2-1-6-24-7-3-14(4-8-24)12-16(27)23-5-10-31-11-9-26;/h1-4,7-8,17,20,26H,5-6,9-13,22H2,(H-,23,27,29,30);1H/b2-1+;/t17-,20-;/m1./s1. The summed E-state index contributed by atoms with van der Waals surface area (Å²) >= 11 is 1.43. The maximum atomic E-state index is 12.0. The van der Waals surface area contributed by atoms with E-state index in [9.17, 15) is 19.5 Å². The maximum absolute atomic E-state index is 12.0. The number of nitrogens with zero attached hydrogens (tertiary/aromatic N) is 2. The first-order valence-corrected chi connectivity index (χ1v) is 11.2. The van der Waals surface area contributed by atoms with Crippen LogP contribution in [0, 0.1) is 0 Å². The number of nitrogens with one attached hydrogen (secondary N) is 1. The molecule has 2 atom stereocenters. The number of halogens is 1. The van der Waals surface area contributed by atoms with E-state index in [4.69, 9.17) is 15.6 Å². The second kappa shape index (κ2) is 13.0. The molecule has 1 aromatic heterocycles. The fourth-order valence-corrected chi connectivity index (χ4v) is 4.64. The van der Waals surface area contributed by atoms with Gasteiger partial charge < -0.3 is 30.8 Å². The van der Waals surface area contributed by atoms with Crippen molar-refractivity contribution in [2.75, 3.05) is 32.1 Å². The molecule has 0 bridgehead atoms. The molecule has 10 nitrogen and oxygen atoms in total. The van der Waals surface area contributed by atoms with E-state index in [0.717, 1.165) is 5.56 Å². The Morgan fingerprint density at radius 2 is 2.09 bits per heavy atom. The van der Waals surface area contributed by atoms with Crippen LogP contribution in [0.25, 0.3) is 0 Å². The number of aromatic nitrogens is 1. The quantitative estimate of drug-likeness (QED) is 0.117. The Morgan fingerprint density at radius 3 is 2.76 bits per heavy atom. The van der Waals surface area contributed by atoms with Crippen LogP contribution in [-0.2, 0) is 32.1 Å². The van der Waals surface area contributed by atoms with E-state index in [2.05, 4.69) is 5.32 Å². The van der Waals surface area contributed by atoms with Crippen molar-refractivity contribution >= 4 is 53.5 Å². The third-order valence-corrected chi connectivity index (χ3v) is 6.32. The zero-order chi connectivity index (χ0) is 23.1. The van der Waals surface area contributed by atoms with E-state index in [0.29, 0.717) is 31.0 Å². The van der Waals surface area contributed by atoms with Gasteiger partial charge in [0.15, 0.2) is 18.9 Å². The maximum Gasteiger partial charge on any atom is 0.248 e. The lowest BCUT2D eigenvalue weighted by Crippen LogP contribution is -2.69. The molecule has 0 unspecified atom stereocenters. The molecule has 3 heterocycles. The van der Waals surface area contributed by atoms with Crippen LogP contribution in [0.1, 0.15) is 5.56 Å². The summed E-state index contributed by atoms with van der Waals surface area (Å²) in [5.41, 5.74) is 7.00. The van der Waals surface area contributed by atoms with Crippen molar-refractivity contribution in [1.29, 1.82) is 0 Å². The molecule has 12 heteroatoms. The average Bonchev–Trinajstić information content (AvgIpc) is 2.79. The minimum absolute atomic E-state index is 0. The van der Waals surface area contributed by atoms with Crippen molar-refractivity contribution in [3.8, 4) is 0 Å². The number of fused-ring (bicyclic) bond motifs is 1. The number of hydrogen-bond donors (Lipinski definition) is 3. The largest absolute Gasteiger partial charge is 0.543 e. The molecule has 0 saturated carbocycles. The molecule has 2 aliphatic rings. The first kappa shape index (κ1) is 27.2. The number of β-lactam (4-membered cyclic amide) rings is 1. The van der Waals surface area contributed by atoms with Gasteiger partial charge in [0.05, 0.1) is 37.9 Å². The number of aliphatic carboxylic acids is 1. The van der Waals surface area contributed by atoms with Gasteiger partial charge in [-0.05, 0) is 17.2 Å². The molecule has 1 saturated heterocycles. The van der Waals surface area contributed by atoms with Crippen molar-refractivity contribution in [2.45, 2.75) is 24.4 Å². The number of aliphatic hydroxyl groups excluding tert-OH is 1. The molecule has 0 aliphatic carbocycles. The number of pyridine rings is 1. The number of hydrogen-bond acceptors (Lipinski definition) is 8. The third kappa shape index (κ3) is 6.99. The van der Waals surface area contributed by atoms with Gasteiger partial charge in [-0.3, -0.25) is 14.5 Å². The highest BCUT2D eigenvalue weighted by atomic mass is 127. The van der Waals surface area contributed by atoms with E-state index >= 15 is 0 Å². The Labute approximate surface area is 212 Å². The lowest BCUT2D eigenvalue weighted by molar-refractivity contribution is -0.687. The second-order valence-electron chi connectivity index (χ2n) is 7.27. The molecule has 33 heavy (non-hydrogen) atoms. The molecule has 1 aromatic rings. The van der Waals surface area contributed by atoms with Gasteiger partial charge in [-0.15, -0.1) is 35.7 Å². The van der Waals surface area contributed by atoms with Crippen LogP contribution < -0.4 is 20.7 Å². The minimum atomic E-state index is -1.38. The Hall–Kier alpha value is -2.00. The van der Waals surface area contributed by atoms with Crippen LogP contribution in [0.4, 0.5) is 0 Å². The van der Waals surface area contributed by atoms with Crippen LogP contribution in [0.3, 0.4) is 0 Å². The molecule has 0 aromatic carbocycles. The summed E-state index contributed by atoms with van der Waals surface area (Å²) in [6.07, 6.45) is 7.40. The Morgan fingerprint density at radius 1 is 1.36 bits per heavy atom. The number of carbonyl (C=O) groups is 3. The number of thioether (sulfide) groups is 1. The van der Waals surface area contributed by atoms with Gasteiger partial charge in [0.25, 0.3) is 0 Å². The van der Waals surface area contributed by atoms with E-state index < -0.39 is 17.9 Å². The number of carboxylic acid groups (broad SMARTS) is 1. The van der Waals surface area contributed by atoms with Gasteiger partial charge in [0, 0.05) is 24.4 Å². The van der Waals surface area contributed by atoms with Crippen LogP contribution in [0.2, 0.25) is 0 Å². The number of amides is 2. The zero-order valence-corrected chi connectivity index (χ0v) is 21.0. The summed E-state index contributed by atoms with van der Waals surface area (Å²) in [6, 6.07) is 3.00. The molecule has 2 aliphatic heterocycles. The van der Waals surface area contributed by atoms with Crippen LogP contribution in [-0.4, -0.2) is 71.3 Å². The lowest BCUT2D eigenvalue weighted by atomic mass is 10.0. The summed E-state index contributed by atoms with van der Waals surface area (Å²) in [5.74, 6) is -1.47. The van der Waals surface area contributed by atoms with Gasteiger partial charge in [-0.1, -0.05) is 6.08 Å². The highest BCUT2D eigenvalue weighted by Gasteiger charge is 2.49. The van der Waals surface area contributed by atoms with Crippen molar-refractivity contribution in [2.24, 2.45) is 5.73 Å². The fourth-order valence-electron chi connectivity index (χ4n) is 3.38. The third-order valence-electron chi connectivity index (χ3n) is 5.00. The van der Waals surface area contributed by atoms with Crippen molar-refractivity contribution < 1.29 is 33.9 Å². The molecule has 2 amide bonds. The summed E-state index contributed by atoms with van der Waals surface area (Å²) in [4.78, 5) is 36.7. The molecule has 1 fully saturated rings. The van der Waals surface area contributed by atoms with Crippen LogP contribution in [0.5, 0.6) is 0 Å². The number of ether oxygens (including phenoxy) is 1. The summed E-state index contributed by atoms with van der Waals surface area (Å²) < 4.78 is 6.96. The Bertz CT molecular complexity index is 924. The van der Waals surface area contributed by atoms with Gasteiger partial charge in [-0.2, -0.15) is 0 Å². The predicted molar refractivity (Wildman–Crippen MR) is 129 cm³/mol. The lowest BCUT2D eigenvalue weighted by Gasteiger charge is -2.49. The Kier molecular flexibility index (Phi) is 10.8. The number of carbonyl (C=O) groups excluding carboxylic acids is 3. The monoisotopic (exact) mass is 590 g/mol. The number of carboxylic acids is 1. The average molecular weight is 590 g/mol. The molecular weight excluding hydrogens is 563 g/mol. The Balaban J connectivity index is 0.00000385. The molecule has 180 valence electrons. The normalized spacial score (nSPS) is 19.7. The van der Waals surface area contributed by atoms with Gasteiger partial charge in [-0.25, -0.2) is 4.57 Å². The van der Waals surface area contributed by atoms with Crippen LogP contribution >= 0.6 is 35.7 Å². The number of allylic oxidation sites excluding steroid dienone is 2. The molecule has 0 radical (unpaired) electrons. The highest BCUT2D eigenvalue weighted by Crippen LogP contribution is 2.39. The van der Waals surface area contributed by atoms with Gasteiger partial charge in [0.2, 0.25) is 11.8 Å². The first-order chi connectivity index (χ1) is 15.4. The SMILES string of the molecule is I.N[C@@H]1C(=O)N2C(C(=O)[O-])=C(/C=C/C[n+]3ccc(CC(=O)NCCOCCO)cc3)CS[C@H]12.